The molecule has 0 aromatic heterocycles. The molecule has 6 heterocycles. The van der Waals surface area contributed by atoms with E-state index in [1.165, 1.54) is 0 Å². The fourth-order valence-electron chi connectivity index (χ4n) is 11.4. The van der Waals surface area contributed by atoms with E-state index < -0.39 is 111 Å². The first-order valence-electron chi connectivity index (χ1n) is 14.9. The maximum absolute atomic E-state index is 12.4. The number of fused-ring (bicyclic) bond motifs is 8. The van der Waals surface area contributed by atoms with Crippen LogP contribution in [0.15, 0.2) is 12.2 Å². The highest BCUT2D eigenvalue weighted by Gasteiger charge is 2.97. The van der Waals surface area contributed by atoms with Crippen molar-refractivity contribution in [2.75, 3.05) is 0 Å². The SMILES string of the molecule is C=C(C)[C@H]1[C@H]2OC(=O)[C@@H]1[C@]1(O)C[C@H]3O[C@]34C(=O)O[C@H]2[C@]14C.CC(C)(O)[C@H]1[C@H]2OC(=O)[C@@H]1[C@]1(O)C[C@H]3O[C@]34C(=O)O[C@H]2[C@]14C. The largest absolute Gasteiger partial charge is 0.458 e. The van der Waals surface area contributed by atoms with E-state index in [2.05, 4.69) is 6.58 Å². The standard InChI is InChI=1S/C15H18O7.C15H16O6/c1-12(2,18)6-7-10(16)20-8(6)9-13(3)14(7,19)4-5-15(13,22-5)11(17)21-9;1-5(2)7-8-11(16)19-9(7)10-13(3)14(8,18)4-6-15(13,21-6)12(17)20-10/h5-9,18-19H,4H2,1-3H3;6-10,18H,1,4H2,2-3H3/t5-,6-,7-,8-,9-,13-,14-,15+;6-,7-,8-,9-,10-,13-,14-,15+/m11/s1. The second-order valence-electron chi connectivity index (χ2n) is 15.3. The molecule has 0 radical (unpaired) electrons. The van der Waals surface area contributed by atoms with Crippen molar-refractivity contribution < 1.29 is 62.9 Å². The molecule has 16 atom stereocenters. The smallest absolute Gasteiger partial charge is 0.342 e. The van der Waals surface area contributed by atoms with E-state index in [9.17, 15) is 34.5 Å². The molecule has 4 aliphatic carbocycles. The number of hydrogen-bond acceptors (Lipinski definition) is 13. The van der Waals surface area contributed by atoms with Crippen LogP contribution in [-0.4, -0.2) is 104 Å². The van der Waals surface area contributed by atoms with Gasteiger partial charge in [-0.3, -0.25) is 9.59 Å². The van der Waals surface area contributed by atoms with Crippen LogP contribution >= 0.6 is 0 Å². The molecule has 10 fully saturated rings. The first-order valence-corrected chi connectivity index (χ1v) is 14.9. The average Bonchev–Trinajstić information content (AvgIpc) is 3.58. The summed E-state index contributed by atoms with van der Waals surface area (Å²) in [5, 5.41) is 33.3. The maximum atomic E-state index is 12.4. The molecule has 13 heteroatoms. The summed E-state index contributed by atoms with van der Waals surface area (Å²) in [5.74, 6) is -4.37. The van der Waals surface area contributed by atoms with E-state index in [-0.39, 0.29) is 24.9 Å². The van der Waals surface area contributed by atoms with Gasteiger partial charge in [0.1, 0.15) is 24.4 Å². The van der Waals surface area contributed by atoms with Crippen LogP contribution in [0.4, 0.5) is 0 Å². The minimum Gasteiger partial charge on any atom is -0.458 e. The molecule has 0 amide bonds. The summed E-state index contributed by atoms with van der Waals surface area (Å²) in [4.78, 5) is 49.4. The van der Waals surface area contributed by atoms with Crippen molar-refractivity contribution in [3.05, 3.63) is 12.2 Å². The van der Waals surface area contributed by atoms with Crippen molar-refractivity contribution in [1.29, 1.82) is 0 Å². The molecule has 4 saturated carbocycles. The Morgan fingerprint density at radius 2 is 1.23 bits per heavy atom. The zero-order valence-corrected chi connectivity index (χ0v) is 24.3. The highest BCUT2D eigenvalue weighted by atomic mass is 16.7. The summed E-state index contributed by atoms with van der Waals surface area (Å²) in [7, 11) is 0. The Morgan fingerprint density at radius 3 is 1.72 bits per heavy atom. The van der Waals surface area contributed by atoms with Crippen LogP contribution in [0.5, 0.6) is 0 Å². The van der Waals surface area contributed by atoms with Crippen LogP contribution in [0, 0.1) is 34.5 Å². The van der Waals surface area contributed by atoms with Gasteiger partial charge >= 0.3 is 23.9 Å². The van der Waals surface area contributed by atoms with Crippen LogP contribution in [-0.2, 0) is 47.6 Å². The van der Waals surface area contributed by atoms with Crippen LogP contribution in [0.2, 0.25) is 0 Å². The van der Waals surface area contributed by atoms with Crippen molar-refractivity contribution in [2.24, 2.45) is 34.5 Å². The van der Waals surface area contributed by atoms with Gasteiger partial charge in [-0.15, -0.1) is 0 Å². The molecule has 3 N–H and O–H groups in total. The third-order valence-electron chi connectivity index (χ3n) is 13.4. The first kappa shape index (κ1) is 26.8. The predicted octanol–water partition coefficient (Wildman–Crippen LogP) is -0.929. The molecule has 232 valence electrons. The van der Waals surface area contributed by atoms with Gasteiger partial charge in [0, 0.05) is 24.7 Å². The highest BCUT2D eigenvalue weighted by Crippen LogP contribution is 2.78. The lowest BCUT2D eigenvalue weighted by Crippen LogP contribution is -2.68. The van der Waals surface area contributed by atoms with Gasteiger partial charge in [-0.1, -0.05) is 12.2 Å². The van der Waals surface area contributed by atoms with E-state index in [1.54, 1.807) is 27.7 Å². The number of epoxide rings is 2. The van der Waals surface area contributed by atoms with Gasteiger partial charge in [-0.25, -0.2) is 9.59 Å². The highest BCUT2D eigenvalue weighted by molar-refractivity contribution is 5.92. The van der Waals surface area contributed by atoms with Gasteiger partial charge in [-0.2, -0.15) is 0 Å². The number of carbonyl (C=O) groups is 4. The summed E-state index contributed by atoms with van der Waals surface area (Å²) in [6, 6.07) is 0. The Morgan fingerprint density at radius 1 is 0.791 bits per heavy atom. The number of hydrogen-bond donors (Lipinski definition) is 3. The lowest BCUT2D eigenvalue weighted by molar-refractivity contribution is -0.223. The van der Waals surface area contributed by atoms with Crippen molar-refractivity contribution in [2.45, 2.75) is 112 Å². The van der Waals surface area contributed by atoms with Crippen molar-refractivity contribution in [3.8, 4) is 0 Å². The third-order valence-corrected chi connectivity index (χ3v) is 13.4. The number of aliphatic hydroxyl groups is 3. The second-order valence-corrected chi connectivity index (χ2v) is 15.3. The molecule has 6 aliphatic heterocycles. The number of rotatable bonds is 2. The molecular weight excluding hydrogens is 568 g/mol. The summed E-state index contributed by atoms with van der Waals surface area (Å²) in [6.45, 7) is 12.5. The zero-order valence-electron chi connectivity index (χ0n) is 24.3. The molecule has 2 spiro atoms. The molecule has 0 aromatic rings. The van der Waals surface area contributed by atoms with Gasteiger partial charge in [0.25, 0.3) is 0 Å². The van der Waals surface area contributed by atoms with E-state index in [1.807, 2.05) is 6.92 Å². The molecular formula is C30H34O13. The van der Waals surface area contributed by atoms with Crippen LogP contribution < -0.4 is 0 Å². The average molecular weight is 603 g/mol. The lowest BCUT2D eigenvalue weighted by Gasteiger charge is -2.53. The molecule has 43 heavy (non-hydrogen) atoms. The van der Waals surface area contributed by atoms with E-state index in [4.69, 9.17) is 28.4 Å². The minimum atomic E-state index is -1.47. The Kier molecular flexibility index (Phi) is 4.24. The minimum absolute atomic E-state index is 0.189. The van der Waals surface area contributed by atoms with Crippen molar-refractivity contribution in [1.82, 2.24) is 0 Å². The van der Waals surface area contributed by atoms with Gasteiger partial charge in [0.05, 0.1) is 39.5 Å². The summed E-state index contributed by atoms with van der Waals surface area (Å²) < 4.78 is 33.2. The zero-order chi connectivity index (χ0) is 30.8. The Balaban J connectivity index is 0.000000121. The Labute approximate surface area is 245 Å². The van der Waals surface area contributed by atoms with Gasteiger partial charge in [-0.05, 0) is 34.6 Å². The van der Waals surface area contributed by atoms with Crippen LogP contribution in [0.25, 0.3) is 0 Å². The maximum Gasteiger partial charge on any atom is 0.342 e. The number of carbonyl (C=O) groups excluding carboxylic acids is 4. The monoisotopic (exact) mass is 602 g/mol. The van der Waals surface area contributed by atoms with E-state index >= 15 is 0 Å². The quantitative estimate of drug-likeness (QED) is 0.152. The molecule has 4 bridgehead atoms. The number of ether oxygens (including phenoxy) is 6. The Hall–Kier alpha value is -2.58. The van der Waals surface area contributed by atoms with Crippen LogP contribution in [0.3, 0.4) is 0 Å². The van der Waals surface area contributed by atoms with E-state index in [0.717, 1.165) is 5.57 Å². The van der Waals surface area contributed by atoms with Gasteiger partial charge < -0.3 is 43.7 Å². The summed E-state index contributed by atoms with van der Waals surface area (Å²) in [5.41, 5.74) is -7.49. The Bertz CT molecular complexity index is 1500. The van der Waals surface area contributed by atoms with Gasteiger partial charge in [0.15, 0.2) is 12.2 Å². The van der Waals surface area contributed by atoms with Crippen molar-refractivity contribution in [3.63, 3.8) is 0 Å². The molecule has 0 unspecified atom stereocenters. The normalized spacial score (nSPS) is 61.3. The molecule has 10 rings (SSSR count). The molecule has 10 aliphatic rings. The second kappa shape index (κ2) is 6.81. The van der Waals surface area contributed by atoms with Crippen LogP contribution in [0.1, 0.15) is 47.5 Å². The first-order chi connectivity index (χ1) is 19.9. The lowest BCUT2D eigenvalue weighted by atomic mass is 9.52. The fourth-order valence-corrected chi connectivity index (χ4v) is 11.4. The van der Waals surface area contributed by atoms with E-state index in [0.29, 0.717) is 0 Å². The molecule has 6 saturated heterocycles. The molecule has 13 nitrogen and oxygen atoms in total. The number of esters is 4. The summed E-state index contributed by atoms with van der Waals surface area (Å²) >= 11 is 0. The molecule has 0 aromatic carbocycles. The topological polar surface area (TPSA) is 191 Å². The fraction of sp³-hybridized carbons (Fsp3) is 0.800. The predicted molar refractivity (Wildman–Crippen MR) is 135 cm³/mol. The third kappa shape index (κ3) is 2.29. The summed E-state index contributed by atoms with van der Waals surface area (Å²) in [6.07, 6.45) is -3.12. The van der Waals surface area contributed by atoms with Crippen molar-refractivity contribution >= 4 is 23.9 Å². The van der Waals surface area contributed by atoms with Gasteiger partial charge in [0.2, 0.25) is 11.2 Å².